The van der Waals surface area contributed by atoms with Crippen LogP contribution in [0.5, 0.6) is 5.75 Å². The van der Waals surface area contributed by atoms with E-state index in [2.05, 4.69) is 4.18 Å². The molecule has 0 radical (unpaired) electrons. The van der Waals surface area contributed by atoms with E-state index >= 15 is 0 Å². The van der Waals surface area contributed by atoms with Crippen LogP contribution < -0.4 is 4.18 Å². The minimum atomic E-state index is -3.87. The number of halogens is 1. The van der Waals surface area contributed by atoms with E-state index in [0.717, 1.165) is 0 Å². The molecule has 6 heteroatoms. The first-order chi connectivity index (χ1) is 7.08. The summed E-state index contributed by atoms with van der Waals surface area (Å²) >= 11 is 0. The molecule has 0 N–H and O–H groups in total. The summed E-state index contributed by atoms with van der Waals surface area (Å²) in [7, 11) is 0.900. The van der Waals surface area contributed by atoms with Crippen LogP contribution in [0.2, 0.25) is 0 Å². The molecule has 0 amide bonds. The minimum absolute atomic E-state index is 0. The molecule has 0 aromatic heterocycles. The van der Waals surface area contributed by atoms with Gasteiger partial charge in [0.2, 0.25) is 0 Å². The predicted molar refractivity (Wildman–Crippen MR) is 59.5 cm³/mol. The molecule has 0 saturated carbocycles. The zero-order valence-electron chi connectivity index (χ0n) is 8.06. The van der Waals surface area contributed by atoms with E-state index in [9.17, 15) is 8.42 Å². The van der Waals surface area contributed by atoms with E-state index in [1.165, 1.54) is 12.1 Å². The Morgan fingerprint density at radius 1 is 1.06 bits per heavy atom. The second-order valence-corrected chi connectivity index (χ2v) is 4.65. The largest absolute Gasteiger partial charge is 2.00 e. The van der Waals surface area contributed by atoms with Crippen molar-refractivity contribution in [3.05, 3.63) is 54.6 Å². The zero-order valence-corrected chi connectivity index (χ0v) is 10.7. The smallest absolute Gasteiger partial charge is 0.435 e. The molecule has 0 unspecified atom stereocenters. The molecule has 16 heavy (non-hydrogen) atoms. The van der Waals surface area contributed by atoms with Crippen LogP contribution in [0.15, 0.2) is 54.6 Å². The summed E-state index contributed by atoms with van der Waals surface area (Å²) in [4.78, 5) is 0. The molecule has 0 aliphatic rings. The second kappa shape index (κ2) is 7.52. The van der Waals surface area contributed by atoms with Crippen LogP contribution >= 0.6 is 10.7 Å². The van der Waals surface area contributed by atoms with Crippen molar-refractivity contribution in [1.29, 1.82) is 0 Å². The maximum Gasteiger partial charge on any atom is 2.00 e. The van der Waals surface area contributed by atoms with Gasteiger partial charge >= 0.3 is 26.4 Å². The van der Waals surface area contributed by atoms with Gasteiger partial charge in [-0.2, -0.15) is 26.6 Å². The quantitative estimate of drug-likeness (QED) is 0.486. The molecular weight excluding hydrogens is 291 g/mol. The Kier molecular flexibility index (Phi) is 7.17. The molecule has 0 spiro atoms. The molecule has 0 saturated heterocycles. The third-order valence-corrected chi connectivity index (χ3v) is 1.96. The molecule has 3 nitrogen and oxygen atoms in total. The molecule has 0 heterocycles. The Morgan fingerprint density at radius 3 is 1.88 bits per heavy atom. The van der Waals surface area contributed by atoms with Crippen molar-refractivity contribution in [1.82, 2.24) is 0 Å². The van der Waals surface area contributed by atoms with Gasteiger partial charge in [-0.3, -0.25) is 0 Å². The summed E-state index contributed by atoms with van der Waals surface area (Å²) in [6.45, 7) is 0. The Hall–Kier alpha value is -0.741. The summed E-state index contributed by atoms with van der Waals surface area (Å²) in [6.07, 6.45) is 0. The fourth-order valence-electron chi connectivity index (χ4n) is 0.848. The topological polar surface area (TPSA) is 43.4 Å². The number of hydrogen-bond donors (Lipinski definition) is 0. The SMILES string of the molecule is O=S(=O)(Cl)O[c-]1cccc1.[Fe+2].c1cc[cH-]c1. The normalized spacial score (nSPS) is 9.56. The molecule has 2 rings (SSSR count). The van der Waals surface area contributed by atoms with Gasteiger partial charge in [-0.15, -0.1) is 12.1 Å². The van der Waals surface area contributed by atoms with Crippen LogP contribution in [-0.4, -0.2) is 8.42 Å². The fourth-order valence-corrected chi connectivity index (χ4v) is 1.41. The van der Waals surface area contributed by atoms with Crippen molar-refractivity contribution in [3.8, 4) is 5.75 Å². The van der Waals surface area contributed by atoms with Crippen LogP contribution in [0.4, 0.5) is 0 Å². The second-order valence-electron chi connectivity index (χ2n) is 2.56. The fraction of sp³-hybridized carbons (Fsp3) is 0. The van der Waals surface area contributed by atoms with E-state index in [0.29, 0.717) is 0 Å². The molecule has 0 fully saturated rings. The van der Waals surface area contributed by atoms with Crippen molar-refractivity contribution in [2.24, 2.45) is 0 Å². The van der Waals surface area contributed by atoms with Gasteiger partial charge < -0.3 is 4.18 Å². The first-order valence-electron chi connectivity index (χ1n) is 4.10. The summed E-state index contributed by atoms with van der Waals surface area (Å²) in [5.41, 5.74) is 0. The standard InChI is InChI=1S/C5H4ClO3S.C5H5.Fe/c6-10(7,8)9-5-3-1-2-4-5;1-2-4-5-3-1;/h1-4H;1-5H;/q2*-1;+2. The minimum Gasteiger partial charge on any atom is -0.435 e. The summed E-state index contributed by atoms with van der Waals surface area (Å²) in [6, 6.07) is 16.3. The number of hydrogen-bond acceptors (Lipinski definition) is 3. The maximum absolute atomic E-state index is 10.2. The predicted octanol–water partition coefficient (Wildman–Crippen LogP) is 2.67. The number of rotatable bonds is 2. The maximum atomic E-state index is 10.2. The Bertz CT molecular complexity index is 431. The molecular formula is C10H9ClFeO3S. The van der Waals surface area contributed by atoms with E-state index in [4.69, 9.17) is 10.7 Å². The van der Waals surface area contributed by atoms with E-state index < -0.39 is 9.33 Å². The van der Waals surface area contributed by atoms with Gasteiger partial charge in [-0.25, -0.2) is 24.3 Å². The van der Waals surface area contributed by atoms with E-state index in [-0.39, 0.29) is 22.8 Å². The van der Waals surface area contributed by atoms with Crippen molar-refractivity contribution in [2.75, 3.05) is 0 Å². The molecule has 88 valence electrons. The molecule has 2 aromatic rings. The van der Waals surface area contributed by atoms with Crippen LogP contribution in [0.25, 0.3) is 0 Å². The van der Waals surface area contributed by atoms with E-state index in [1.54, 1.807) is 12.1 Å². The average Bonchev–Trinajstić information content (AvgIpc) is 2.71. The third-order valence-electron chi connectivity index (χ3n) is 1.38. The van der Waals surface area contributed by atoms with Crippen LogP contribution in [0, 0.1) is 0 Å². The monoisotopic (exact) mass is 300 g/mol. The van der Waals surface area contributed by atoms with Gasteiger partial charge in [0.1, 0.15) is 0 Å². The third kappa shape index (κ3) is 7.54. The van der Waals surface area contributed by atoms with Gasteiger partial charge in [0, 0.05) is 5.75 Å². The summed E-state index contributed by atoms with van der Waals surface area (Å²) in [5.74, 6) is 0.231. The van der Waals surface area contributed by atoms with Crippen molar-refractivity contribution in [3.63, 3.8) is 0 Å². The van der Waals surface area contributed by atoms with Gasteiger partial charge in [-0.1, -0.05) is 0 Å². The Balaban J connectivity index is 0.000000318. The van der Waals surface area contributed by atoms with Gasteiger partial charge in [0.25, 0.3) is 0 Å². The first-order valence-corrected chi connectivity index (χ1v) is 6.34. The van der Waals surface area contributed by atoms with Gasteiger partial charge in [-0.05, 0) is 0 Å². The van der Waals surface area contributed by atoms with E-state index in [1.807, 2.05) is 30.3 Å². The van der Waals surface area contributed by atoms with Gasteiger partial charge in [0.05, 0.1) is 10.7 Å². The van der Waals surface area contributed by atoms with Crippen LogP contribution in [-0.2, 0) is 26.4 Å². The Morgan fingerprint density at radius 2 is 1.56 bits per heavy atom. The molecule has 0 atom stereocenters. The average molecular weight is 301 g/mol. The van der Waals surface area contributed by atoms with Crippen LogP contribution in [0.3, 0.4) is 0 Å². The summed E-state index contributed by atoms with van der Waals surface area (Å²) < 4.78 is 24.8. The van der Waals surface area contributed by atoms with Gasteiger partial charge in [0.15, 0.2) is 0 Å². The summed E-state index contributed by atoms with van der Waals surface area (Å²) in [5, 5.41) is 0. The molecule has 0 bridgehead atoms. The zero-order chi connectivity index (χ0) is 11.1. The first kappa shape index (κ1) is 15.3. The van der Waals surface area contributed by atoms with Crippen molar-refractivity contribution >= 4 is 20.0 Å². The van der Waals surface area contributed by atoms with Crippen LogP contribution in [0.1, 0.15) is 0 Å². The van der Waals surface area contributed by atoms with Crippen molar-refractivity contribution in [2.45, 2.75) is 0 Å². The Labute approximate surface area is 110 Å². The molecule has 0 aliphatic carbocycles. The molecule has 2 aromatic carbocycles. The van der Waals surface area contributed by atoms with Crippen molar-refractivity contribution < 1.29 is 29.7 Å². The molecule has 0 aliphatic heterocycles.